The van der Waals surface area contributed by atoms with Crippen LogP contribution in [0.1, 0.15) is 15.9 Å². The maximum atomic E-state index is 12.9. The molecule has 1 unspecified atom stereocenters. The van der Waals surface area contributed by atoms with E-state index >= 15 is 0 Å². The topological polar surface area (TPSA) is 117 Å². The number of carbonyl (C=O) groups excluding carboxylic acids is 1. The lowest BCUT2D eigenvalue weighted by Gasteiger charge is -2.24. The number of hydrogen-bond acceptors (Lipinski definition) is 5. The Kier molecular flexibility index (Phi) is 6.35. The van der Waals surface area contributed by atoms with Gasteiger partial charge in [0.15, 0.2) is 6.29 Å². The standard InChI is InChI=1S/C21H22N2O6S/c1-15-6-8-18(9-7-15)30(28,29)23(13-21(26)27)12-17(25)11-22-10-16(14-24)19-4-2-3-5-20(19)22/h2-10,14,17,25H,11-13H2,1H3,(H,26,27). The maximum absolute atomic E-state index is 12.9. The van der Waals surface area contributed by atoms with Crippen molar-refractivity contribution in [3.63, 3.8) is 0 Å². The van der Waals surface area contributed by atoms with E-state index in [1.54, 1.807) is 47.2 Å². The summed E-state index contributed by atoms with van der Waals surface area (Å²) in [5, 5.41) is 20.5. The van der Waals surface area contributed by atoms with E-state index in [4.69, 9.17) is 0 Å². The van der Waals surface area contributed by atoms with Gasteiger partial charge in [0.2, 0.25) is 10.0 Å². The fourth-order valence-electron chi connectivity index (χ4n) is 3.30. The van der Waals surface area contributed by atoms with Crippen molar-refractivity contribution in [3.05, 3.63) is 65.9 Å². The van der Waals surface area contributed by atoms with Crippen molar-refractivity contribution in [2.24, 2.45) is 0 Å². The second kappa shape index (κ2) is 8.78. The largest absolute Gasteiger partial charge is 0.480 e. The summed E-state index contributed by atoms with van der Waals surface area (Å²) in [7, 11) is -4.12. The summed E-state index contributed by atoms with van der Waals surface area (Å²) >= 11 is 0. The Morgan fingerprint density at radius 1 is 1.17 bits per heavy atom. The number of aliphatic hydroxyl groups is 1. The Morgan fingerprint density at radius 3 is 2.47 bits per heavy atom. The van der Waals surface area contributed by atoms with Gasteiger partial charge in [-0.25, -0.2) is 8.42 Å². The molecule has 1 aromatic heterocycles. The molecule has 30 heavy (non-hydrogen) atoms. The quantitative estimate of drug-likeness (QED) is 0.501. The van der Waals surface area contributed by atoms with E-state index in [9.17, 15) is 28.2 Å². The van der Waals surface area contributed by atoms with E-state index < -0.39 is 35.2 Å². The van der Waals surface area contributed by atoms with Crippen LogP contribution in [0.15, 0.2) is 59.6 Å². The number of sulfonamides is 1. The van der Waals surface area contributed by atoms with Crippen molar-refractivity contribution in [2.45, 2.75) is 24.5 Å². The number of carbonyl (C=O) groups is 2. The van der Waals surface area contributed by atoms with E-state index in [0.717, 1.165) is 15.3 Å². The Morgan fingerprint density at radius 2 is 1.83 bits per heavy atom. The van der Waals surface area contributed by atoms with E-state index in [1.165, 1.54) is 12.1 Å². The Bertz CT molecular complexity index is 1170. The van der Waals surface area contributed by atoms with Gasteiger partial charge in [-0.2, -0.15) is 4.31 Å². The maximum Gasteiger partial charge on any atom is 0.318 e. The Hall–Kier alpha value is -3.01. The number of aliphatic carboxylic acids is 1. The van der Waals surface area contributed by atoms with E-state index in [0.29, 0.717) is 17.4 Å². The lowest BCUT2D eigenvalue weighted by Crippen LogP contribution is -2.41. The first-order valence-electron chi connectivity index (χ1n) is 9.22. The monoisotopic (exact) mass is 430 g/mol. The molecule has 1 heterocycles. The fourth-order valence-corrected chi connectivity index (χ4v) is 4.72. The molecule has 9 heteroatoms. The van der Waals surface area contributed by atoms with Crippen LogP contribution < -0.4 is 0 Å². The number of carboxylic acid groups (broad SMARTS) is 1. The number of benzene rings is 2. The number of aromatic nitrogens is 1. The Balaban J connectivity index is 1.86. The molecular weight excluding hydrogens is 408 g/mol. The average molecular weight is 430 g/mol. The number of fused-ring (bicyclic) bond motifs is 1. The first kappa shape index (κ1) is 21.7. The van der Waals surface area contributed by atoms with Crippen molar-refractivity contribution in [2.75, 3.05) is 13.1 Å². The summed E-state index contributed by atoms with van der Waals surface area (Å²) in [6.07, 6.45) is 1.10. The average Bonchev–Trinajstić information content (AvgIpc) is 3.05. The minimum absolute atomic E-state index is 0.00606. The lowest BCUT2D eigenvalue weighted by atomic mass is 10.2. The summed E-state index contributed by atoms with van der Waals surface area (Å²) < 4.78 is 28.3. The summed E-state index contributed by atoms with van der Waals surface area (Å²) in [6, 6.07) is 13.2. The number of aliphatic hydroxyl groups excluding tert-OH is 1. The molecule has 0 fully saturated rings. The molecule has 0 radical (unpaired) electrons. The zero-order valence-electron chi connectivity index (χ0n) is 16.3. The van der Waals surface area contributed by atoms with Crippen LogP contribution in [0, 0.1) is 6.92 Å². The van der Waals surface area contributed by atoms with Gasteiger partial charge < -0.3 is 14.8 Å². The molecule has 2 aromatic carbocycles. The van der Waals surface area contributed by atoms with Crippen LogP contribution in [-0.4, -0.2) is 59.0 Å². The minimum Gasteiger partial charge on any atom is -0.480 e. The number of aryl methyl sites for hydroxylation is 1. The van der Waals surface area contributed by atoms with Gasteiger partial charge >= 0.3 is 5.97 Å². The van der Waals surface area contributed by atoms with Crippen molar-refractivity contribution < 1.29 is 28.2 Å². The van der Waals surface area contributed by atoms with Crippen LogP contribution in [0.5, 0.6) is 0 Å². The number of hydrogen-bond donors (Lipinski definition) is 2. The first-order chi connectivity index (χ1) is 14.2. The first-order valence-corrected chi connectivity index (χ1v) is 10.7. The molecule has 0 amide bonds. The molecule has 0 saturated heterocycles. The molecule has 0 saturated carbocycles. The van der Waals surface area contributed by atoms with Crippen LogP contribution in [0.25, 0.3) is 10.9 Å². The van der Waals surface area contributed by atoms with Gasteiger partial charge in [-0.15, -0.1) is 0 Å². The molecule has 158 valence electrons. The van der Waals surface area contributed by atoms with Crippen LogP contribution in [0.4, 0.5) is 0 Å². The predicted molar refractivity (Wildman–Crippen MR) is 111 cm³/mol. The van der Waals surface area contributed by atoms with E-state index in [1.807, 2.05) is 6.92 Å². The smallest absolute Gasteiger partial charge is 0.318 e. The molecule has 3 aromatic rings. The molecule has 0 aliphatic carbocycles. The summed E-state index contributed by atoms with van der Waals surface area (Å²) in [4.78, 5) is 22.5. The zero-order valence-corrected chi connectivity index (χ0v) is 17.1. The highest BCUT2D eigenvalue weighted by Crippen LogP contribution is 2.21. The number of carboxylic acids is 1. The van der Waals surface area contributed by atoms with Gasteiger partial charge in [-0.1, -0.05) is 35.9 Å². The van der Waals surface area contributed by atoms with Crippen molar-refractivity contribution in [1.82, 2.24) is 8.87 Å². The number of para-hydroxylation sites is 1. The third-order valence-electron chi connectivity index (χ3n) is 4.74. The Labute approximate surface area is 174 Å². The minimum atomic E-state index is -4.12. The zero-order chi connectivity index (χ0) is 21.9. The van der Waals surface area contributed by atoms with Crippen LogP contribution >= 0.6 is 0 Å². The van der Waals surface area contributed by atoms with Crippen molar-refractivity contribution >= 4 is 33.2 Å². The number of nitrogens with zero attached hydrogens (tertiary/aromatic N) is 2. The van der Waals surface area contributed by atoms with Gasteiger partial charge in [0.1, 0.15) is 6.54 Å². The third kappa shape index (κ3) is 4.59. The van der Waals surface area contributed by atoms with Crippen LogP contribution in [-0.2, 0) is 21.4 Å². The second-order valence-electron chi connectivity index (χ2n) is 7.03. The third-order valence-corrected chi connectivity index (χ3v) is 6.56. The highest BCUT2D eigenvalue weighted by molar-refractivity contribution is 7.89. The number of aldehydes is 1. The summed E-state index contributed by atoms with van der Waals surface area (Å²) in [5.41, 5.74) is 2.03. The molecule has 8 nitrogen and oxygen atoms in total. The molecule has 2 N–H and O–H groups in total. The second-order valence-corrected chi connectivity index (χ2v) is 8.97. The van der Waals surface area contributed by atoms with Crippen molar-refractivity contribution in [3.8, 4) is 0 Å². The molecular formula is C21H22N2O6S. The van der Waals surface area contributed by atoms with Gasteiger partial charge in [0.05, 0.1) is 11.0 Å². The normalized spacial score (nSPS) is 12.9. The van der Waals surface area contributed by atoms with E-state index in [-0.39, 0.29) is 11.4 Å². The fraction of sp³-hybridized carbons (Fsp3) is 0.238. The molecule has 0 aliphatic rings. The SMILES string of the molecule is Cc1ccc(S(=O)(=O)N(CC(=O)O)CC(O)Cn2cc(C=O)c3ccccc32)cc1. The number of rotatable bonds is 9. The highest BCUT2D eigenvalue weighted by atomic mass is 32.2. The van der Waals surface area contributed by atoms with Gasteiger partial charge in [-0.3, -0.25) is 9.59 Å². The predicted octanol–water partition coefficient (Wildman–Crippen LogP) is 1.90. The molecule has 0 aliphatic heterocycles. The summed E-state index contributed by atoms with van der Waals surface area (Å²) in [6.45, 7) is 0.614. The van der Waals surface area contributed by atoms with Crippen LogP contribution in [0.3, 0.4) is 0 Å². The lowest BCUT2D eigenvalue weighted by molar-refractivity contribution is -0.137. The highest BCUT2D eigenvalue weighted by Gasteiger charge is 2.29. The van der Waals surface area contributed by atoms with E-state index in [2.05, 4.69) is 0 Å². The van der Waals surface area contributed by atoms with Crippen molar-refractivity contribution in [1.29, 1.82) is 0 Å². The molecule has 0 spiro atoms. The molecule has 0 bridgehead atoms. The molecule has 1 atom stereocenters. The molecule has 3 rings (SSSR count). The summed E-state index contributed by atoms with van der Waals surface area (Å²) in [5.74, 6) is -1.33. The van der Waals surface area contributed by atoms with Gasteiger partial charge in [0, 0.05) is 35.8 Å². The van der Waals surface area contributed by atoms with Gasteiger partial charge in [0.25, 0.3) is 0 Å². The van der Waals surface area contributed by atoms with Gasteiger partial charge in [-0.05, 0) is 25.1 Å². The van der Waals surface area contributed by atoms with Crippen LogP contribution in [0.2, 0.25) is 0 Å².